The molecule has 0 fully saturated rings. The van der Waals surface area contributed by atoms with Crippen LogP contribution in [0.5, 0.6) is 0 Å². The summed E-state index contributed by atoms with van der Waals surface area (Å²) < 4.78 is 1.43. The van der Waals surface area contributed by atoms with Gasteiger partial charge in [0, 0.05) is 12.7 Å². The van der Waals surface area contributed by atoms with Gasteiger partial charge >= 0.3 is 5.97 Å². The van der Waals surface area contributed by atoms with Crippen LogP contribution in [-0.4, -0.2) is 40.1 Å². The van der Waals surface area contributed by atoms with Gasteiger partial charge in [-0.3, -0.25) is 4.79 Å². The van der Waals surface area contributed by atoms with Crippen molar-refractivity contribution in [2.24, 2.45) is 0 Å². The highest BCUT2D eigenvalue weighted by atomic mass is 32.2. The molecule has 5 nitrogen and oxygen atoms in total. The summed E-state index contributed by atoms with van der Waals surface area (Å²) in [5.41, 5.74) is 0.132. The maximum Gasteiger partial charge on any atom is 0.352 e. The van der Waals surface area contributed by atoms with Gasteiger partial charge in [-0.05, 0) is 37.0 Å². The zero-order valence-electron chi connectivity index (χ0n) is 10.4. The minimum atomic E-state index is -1.02. The van der Waals surface area contributed by atoms with Crippen molar-refractivity contribution in [2.75, 3.05) is 18.6 Å². The Bertz CT molecular complexity index is 404. The van der Waals surface area contributed by atoms with E-state index >= 15 is 0 Å². The van der Waals surface area contributed by atoms with Crippen molar-refractivity contribution in [2.45, 2.75) is 19.4 Å². The molecule has 0 aromatic carbocycles. The molecule has 0 bridgehead atoms. The summed E-state index contributed by atoms with van der Waals surface area (Å²) in [5.74, 6) is -0.0815. The molecule has 1 aromatic heterocycles. The number of hydrogen-bond acceptors (Lipinski definition) is 3. The monoisotopic (exact) mass is 270 g/mol. The molecule has 2 N–H and O–H groups in total. The molecule has 0 aliphatic carbocycles. The molecule has 0 spiro atoms. The zero-order valence-corrected chi connectivity index (χ0v) is 11.2. The fraction of sp³-hybridized carbons (Fsp3) is 0.500. The quantitative estimate of drug-likeness (QED) is 0.701. The molecule has 0 saturated heterocycles. The third-order valence-electron chi connectivity index (χ3n) is 2.46. The lowest BCUT2D eigenvalue weighted by Gasteiger charge is -2.07. The number of rotatable bonds is 8. The SMILES string of the molecule is CSCCCCNC(=O)Cn1cccc1C(=O)O. The van der Waals surface area contributed by atoms with E-state index in [4.69, 9.17) is 5.11 Å². The van der Waals surface area contributed by atoms with Crippen LogP contribution in [0.15, 0.2) is 18.3 Å². The van der Waals surface area contributed by atoms with Gasteiger partial charge in [0.2, 0.25) is 5.91 Å². The van der Waals surface area contributed by atoms with Crippen LogP contribution in [0, 0.1) is 0 Å². The third kappa shape index (κ3) is 4.83. The lowest BCUT2D eigenvalue weighted by Crippen LogP contribution is -2.29. The molecule has 0 saturated carbocycles. The van der Waals surface area contributed by atoms with Gasteiger partial charge in [0.25, 0.3) is 0 Å². The van der Waals surface area contributed by atoms with Crippen LogP contribution in [0.3, 0.4) is 0 Å². The topological polar surface area (TPSA) is 71.3 Å². The normalized spacial score (nSPS) is 10.3. The lowest BCUT2D eigenvalue weighted by molar-refractivity contribution is -0.121. The van der Waals surface area contributed by atoms with Crippen molar-refractivity contribution in [3.8, 4) is 0 Å². The molecule has 1 rings (SSSR count). The average Bonchev–Trinajstić information content (AvgIpc) is 2.77. The van der Waals surface area contributed by atoms with Crippen molar-refractivity contribution < 1.29 is 14.7 Å². The Morgan fingerprint density at radius 3 is 2.89 bits per heavy atom. The Labute approximate surface area is 111 Å². The molecule has 0 radical (unpaired) electrons. The van der Waals surface area contributed by atoms with Gasteiger partial charge < -0.3 is 15.0 Å². The van der Waals surface area contributed by atoms with Gasteiger partial charge in [-0.15, -0.1) is 0 Å². The number of amides is 1. The average molecular weight is 270 g/mol. The molecule has 100 valence electrons. The van der Waals surface area contributed by atoms with E-state index in [-0.39, 0.29) is 18.1 Å². The smallest absolute Gasteiger partial charge is 0.352 e. The van der Waals surface area contributed by atoms with Crippen LogP contribution in [0.2, 0.25) is 0 Å². The number of hydrogen-bond donors (Lipinski definition) is 2. The summed E-state index contributed by atoms with van der Waals surface area (Å²) in [5, 5.41) is 11.7. The number of carbonyl (C=O) groups is 2. The van der Waals surface area contributed by atoms with Crippen LogP contribution in [0.25, 0.3) is 0 Å². The largest absolute Gasteiger partial charge is 0.477 e. The maximum absolute atomic E-state index is 11.6. The molecule has 0 atom stereocenters. The molecule has 1 amide bonds. The van der Waals surface area contributed by atoms with Crippen LogP contribution < -0.4 is 5.32 Å². The standard InChI is InChI=1S/C12H18N2O3S/c1-18-8-3-2-6-13-11(15)9-14-7-4-5-10(14)12(16)17/h4-5,7H,2-3,6,8-9H2,1H3,(H,13,15)(H,16,17). The Hall–Kier alpha value is -1.43. The number of nitrogens with zero attached hydrogens (tertiary/aromatic N) is 1. The first-order valence-electron chi connectivity index (χ1n) is 5.79. The fourth-order valence-electron chi connectivity index (χ4n) is 1.56. The number of carbonyl (C=O) groups excluding carboxylic acids is 1. The van der Waals surface area contributed by atoms with Gasteiger partial charge in [-0.1, -0.05) is 0 Å². The first kappa shape index (κ1) is 14.6. The lowest BCUT2D eigenvalue weighted by atomic mass is 10.3. The molecule has 1 aromatic rings. The Kier molecular flexibility index (Phi) is 6.35. The Morgan fingerprint density at radius 1 is 1.44 bits per heavy atom. The van der Waals surface area contributed by atoms with Gasteiger partial charge in [0.05, 0.1) is 0 Å². The number of carboxylic acid groups (broad SMARTS) is 1. The summed E-state index contributed by atoms with van der Waals surface area (Å²) in [6, 6.07) is 3.10. The number of aromatic carboxylic acids is 1. The predicted octanol–water partition coefficient (Wildman–Crippen LogP) is 1.45. The van der Waals surface area contributed by atoms with Crippen LogP contribution in [0.4, 0.5) is 0 Å². The molecule has 18 heavy (non-hydrogen) atoms. The summed E-state index contributed by atoms with van der Waals surface area (Å²) in [6.07, 6.45) is 5.67. The molecule has 0 unspecified atom stereocenters. The van der Waals surface area contributed by atoms with Crippen molar-refractivity contribution in [3.05, 3.63) is 24.0 Å². The number of unbranched alkanes of at least 4 members (excludes halogenated alkanes) is 1. The highest BCUT2D eigenvalue weighted by Crippen LogP contribution is 2.02. The van der Waals surface area contributed by atoms with Crippen molar-refractivity contribution >= 4 is 23.6 Å². The number of carboxylic acids is 1. The fourth-order valence-corrected chi connectivity index (χ4v) is 2.05. The summed E-state index contributed by atoms with van der Waals surface area (Å²) in [6.45, 7) is 0.695. The van der Waals surface area contributed by atoms with Crippen LogP contribution in [0.1, 0.15) is 23.3 Å². The summed E-state index contributed by atoms with van der Waals surface area (Å²) >= 11 is 1.79. The van der Waals surface area contributed by atoms with E-state index in [0.717, 1.165) is 18.6 Å². The van der Waals surface area contributed by atoms with E-state index in [9.17, 15) is 9.59 Å². The van der Waals surface area contributed by atoms with E-state index < -0.39 is 5.97 Å². The highest BCUT2D eigenvalue weighted by Gasteiger charge is 2.10. The summed E-state index contributed by atoms with van der Waals surface area (Å²) in [4.78, 5) is 22.4. The maximum atomic E-state index is 11.6. The van der Waals surface area contributed by atoms with E-state index in [0.29, 0.717) is 6.54 Å². The van der Waals surface area contributed by atoms with Crippen molar-refractivity contribution in [1.29, 1.82) is 0 Å². The number of aromatic nitrogens is 1. The Morgan fingerprint density at radius 2 is 2.22 bits per heavy atom. The second-order valence-electron chi connectivity index (χ2n) is 3.88. The Balaban J connectivity index is 2.31. The van der Waals surface area contributed by atoms with Gasteiger partial charge in [0.15, 0.2) is 0 Å². The van der Waals surface area contributed by atoms with E-state index in [2.05, 4.69) is 11.6 Å². The van der Waals surface area contributed by atoms with Crippen molar-refractivity contribution in [1.82, 2.24) is 9.88 Å². The van der Waals surface area contributed by atoms with Crippen molar-refractivity contribution in [3.63, 3.8) is 0 Å². The molecular weight excluding hydrogens is 252 g/mol. The first-order chi connectivity index (χ1) is 8.65. The van der Waals surface area contributed by atoms with Crippen LogP contribution >= 0.6 is 11.8 Å². The van der Waals surface area contributed by atoms with Gasteiger partial charge in [-0.2, -0.15) is 11.8 Å². The van der Waals surface area contributed by atoms with E-state index in [1.165, 1.54) is 10.6 Å². The molecule has 0 aliphatic heterocycles. The van der Waals surface area contributed by atoms with Gasteiger partial charge in [0.1, 0.15) is 12.2 Å². The first-order valence-corrected chi connectivity index (χ1v) is 7.18. The molecule has 0 aliphatic rings. The predicted molar refractivity (Wildman–Crippen MR) is 72.0 cm³/mol. The molecular formula is C12H18N2O3S. The summed E-state index contributed by atoms with van der Waals surface area (Å²) in [7, 11) is 0. The van der Waals surface area contributed by atoms with Crippen LogP contribution in [-0.2, 0) is 11.3 Å². The van der Waals surface area contributed by atoms with E-state index in [1.807, 2.05) is 0 Å². The number of nitrogens with one attached hydrogen (secondary N) is 1. The van der Waals surface area contributed by atoms with Gasteiger partial charge in [-0.25, -0.2) is 4.79 Å². The minimum absolute atomic E-state index is 0.0527. The second-order valence-corrected chi connectivity index (χ2v) is 4.86. The number of thioether (sulfide) groups is 1. The third-order valence-corrected chi connectivity index (χ3v) is 3.16. The van der Waals surface area contributed by atoms with E-state index in [1.54, 1.807) is 24.0 Å². The highest BCUT2D eigenvalue weighted by molar-refractivity contribution is 7.98. The zero-order chi connectivity index (χ0) is 13.4. The molecule has 1 heterocycles. The molecule has 6 heteroatoms. The second kappa shape index (κ2) is 7.81. The minimum Gasteiger partial charge on any atom is -0.477 e.